The SMILES string of the molecule is CO[C@@H]1C[C@@H](c2ncn[nH]2)N(C(=O)c2cccc3cc[nH]c23)C1. The van der Waals surface area contributed by atoms with Crippen molar-refractivity contribution in [3.05, 3.63) is 48.2 Å². The number of H-pyrrole nitrogens is 2. The van der Waals surface area contributed by atoms with Crippen molar-refractivity contribution in [2.24, 2.45) is 0 Å². The van der Waals surface area contributed by atoms with Crippen LogP contribution in [-0.2, 0) is 4.74 Å². The van der Waals surface area contributed by atoms with Gasteiger partial charge in [0.2, 0.25) is 0 Å². The van der Waals surface area contributed by atoms with E-state index in [2.05, 4.69) is 20.2 Å². The molecule has 3 aromatic rings. The second-order valence-electron chi connectivity index (χ2n) is 5.68. The lowest BCUT2D eigenvalue weighted by molar-refractivity contribution is 0.0686. The van der Waals surface area contributed by atoms with E-state index in [-0.39, 0.29) is 18.1 Å². The number of ether oxygens (including phenoxy) is 1. The molecule has 7 nitrogen and oxygen atoms in total. The molecule has 0 unspecified atom stereocenters. The van der Waals surface area contributed by atoms with Crippen LogP contribution in [0.4, 0.5) is 0 Å². The van der Waals surface area contributed by atoms with Crippen LogP contribution in [0.25, 0.3) is 10.9 Å². The average molecular weight is 311 g/mol. The van der Waals surface area contributed by atoms with Gasteiger partial charge in [0.1, 0.15) is 12.2 Å². The maximum Gasteiger partial charge on any atom is 0.256 e. The summed E-state index contributed by atoms with van der Waals surface area (Å²) in [5.74, 6) is 0.663. The molecule has 2 aromatic heterocycles. The Morgan fingerprint density at radius 2 is 2.30 bits per heavy atom. The summed E-state index contributed by atoms with van der Waals surface area (Å²) in [5, 5.41) is 7.80. The number of nitrogens with zero attached hydrogens (tertiary/aromatic N) is 3. The van der Waals surface area contributed by atoms with E-state index in [1.807, 2.05) is 35.4 Å². The summed E-state index contributed by atoms with van der Waals surface area (Å²) in [6.45, 7) is 0.539. The van der Waals surface area contributed by atoms with Crippen molar-refractivity contribution in [2.75, 3.05) is 13.7 Å². The number of aromatic nitrogens is 4. The normalized spacial score (nSPS) is 21.2. The number of carbonyl (C=O) groups is 1. The van der Waals surface area contributed by atoms with E-state index in [1.165, 1.54) is 6.33 Å². The molecule has 0 saturated carbocycles. The monoisotopic (exact) mass is 311 g/mol. The number of carbonyl (C=O) groups excluding carboxylic acids is 1. The number of hydrogen-bond acceptors (Lipinski definition) is 4. The molecule has 0 bridgehead atoms. The molecule has 23 heavy (non-hydrogen) atoms. The van der Waals surface area contributed by atoms with E-state index in [4.69, 9.17) is 4.74 Å². The van der Waals surface area contributed by atoms with Crippen molar-refractivity contribution in [2.45, 2.75) is 18.6 Å². The molecule has 7 heteroatoms. The van der Waals surface area contributed by atoms with Gasteiger partial charge in [-0.2, -0.15) is 5.10 Å². The molecule has 1 saturated heterocycles. The number of rotatable bonds is 3. The molecule has 1 amide bonds. The van der Waals surface area contributed by atoms with Gasteiger partial charge in [0, 0.05) is 31.7 Å². The number of nitrogens with one attached hydrogen (secondary N) is 2. The molecular formula is C16H17N5O2. The Morgan fingerprint density at radius 3 is 3.09 bits per heavy atom. The lowest BCUT2D eigenvalue weighted by atomic mass is 10.1. The van der Waals surface area contributed by atoms with Gasteiger partial charge in [-0.1, -0.05) is 12.1 Å². The molecular weight excluding hydrogens is 294 g/mol. The minimum absolute atomic E-state index is 0.00288. The molecule has 0 aliphatic carbocycles. The smallest absolute Gasteiger partial charge is 0.256 e. The number of hydrogen-bond donors (Lipinski definition) is 2. The Morgan fingerprint density at radius 1 is 1.39 bits per heavy atom. The van der Waals surface area contributed by atoms with E-state index in [1.54, 1.807) is 7.11 Å². The molecule has 2 atom stereocenters. The van der Waals surface area contributed by atoms with Gasteiger partial charge in [0.15, 0.2) is 0 Å². The summed E-state index contributed by atoms with van der Waals surface area (Å²) in [6, 6.07) is 7.54. The Balaban J connectivity index is 1.72. The lowest BCUT2D eigenvalue weighted by Crippen LogP contribution is -2.32. The third-order valence-corrected chi connectivity index (χ3v) is 4.42. The molecule has 3 heterocycles. The largest absolute Gasteiger partial charge is 0.380 e. The van der Waals surface area contributed by atoms with Crippen LogP contribution in [0, 0.1) is 0 Å². The molecule has 1 fully saturated rings. The molecule has 2 N–H and O–H groups in total. The summed E-state index contributed by atoms with van der Waals surface area (Å²) < 4.78 is 5.46. The van der Waals surface area contributed by atoms with Crippen molar-refractivity contribution in [1.29, 1.82) is 0 Å². The highest BCUT2D eigenvalue weighted by molar-refractivity contribution is 6.05. The minimum Gasteiger partial charge on any atom is -0.380 e. The third-order valence-electron chi connectivity index (χ3n) is 4.42. The topological polar surface area (TPSA) is 86.9 Å². The van der Waals surface area contributed by atoms with Gasteiger partial charge < -0.3 is 14.6 Å². The van der Waals surface area contributed by atoms with Crippen LogP contribution < -0.4 is 0 Å². The number of aromatic amines is 2. The molecule has 0 radical (unpaired) electrons. The molecule has 118 valence electrons. The first kappa shape index (κ1) is 14.0. The molecule has 1 aromatic carbocycles. The van der Waals surface area contributed by atoms with Gasteiger partial charge in [0.05, 0.1) is 23.2 Å². The Kier molecular flexibility index (Phi) is 3.34. The number of amides is 1. The van der Waals surface area contributed by atoms with E-state index in [0.29, 0.717) is 24.4 Å². The van der Waals surface area contributed by atoms with E-state index < -0.39 is 0 Å². The highest BCUT2D eigenvalue weighted by atomic mass is 16.5. The Labute approximate surface area is 132 Å². The van der Waals surface area contributed by atoms with Crippen LogP contribution in [0.5, 0.6) is 0 Å². The Hall–Kier alpha value is -2.67. The van der Waals surface area contributed by atoms with Gasteiger partial charge in [-0.25, -0.2) is 4.98 Å². The van der Waals surface area contributed by atoms with Crippen LogP contribution in [0.15, 0.2) is 36.8 Å². The average Bonchev–Trinajstić information content (AvgIpc) is 3.31. The van der Waals surface area contributed by atoms with Gasteiger partial charge in [-0.05, 0) is 12.1 Å². The van der Waals surface area contributed by atoms with Crippen LogP contribution in [0.2, 0.25) is 0 Å². The number of benzene rings is 1. The van der Waals surface area contributed by atoms with Crippen LogP contribution in [0.3, 0.4) is 0 Å². The molecule has 4 rings (SSSR count). The fourth-order valence-electron chi connectivity index (χ4n) is 3.25. The highest BCUT2D eigenvalue weighted by Crippen LogP contribution is 2.33. The Bertz CT molecular complexity index is 826. The predicted molar refractivity (Wildman–Crippen MR) is 83.9 cm³/mol. The second-order valence-corrected chi connectivity index (χ2v) is 5.68. The van der Waals surface area contributed by atoms with Crippen molar-refractivity contribution in [3.8, 4) is 0 Å². The zero-order valence-electron chi connectivity index (χ0n) is 12.7. The maximum atomic E-state index is 13.1. The van der Waals surface area contributed by atoms with E-state index in [9.17, 15) is 4.79 Å². The van der Waals surface area contributed by atoms with E-state index >= 15 is 0 Å². The molecule has 0 spiro atoms. The lowest BCUT2D eigenvalue weighted by Gasteiger charge is -2.23. The number of para-hydroxylation sites is 1. The predicted octanol–water partition coefficient (Wildman–Crippen LogP) is 1.89. The minimum atomic E-state index is -0.153. The zero-order valence-corrected chi connectivity index (χ0v) is 12.7. The molecule has 1 aliphatic heterocycles. The van der Waals surface area contributed by atoms with Crippen LogP contribution in [-0.4, -0.2) is 50.7 Å². The van der Waals surface area contributed by atoms with E-state index in [0.717, 1.165) is 10.9 Å². The van der Waals surface area contributed by atoms with Crippen LogP contribution in [0.1, 0.15) is 28.6 Å². The third kappa shape index (κ3) is 2.29. The van der Waals surface area contributed by atoms with Crippen molar-refractivity contribution in [3.63, 3.8) is 0 Å². The van der Waals surface area contributed by atoms with Gasteiger partial charge in [-0.3, -0.25) is 9.89 Å². The number of fused-ring (bicyclic) bond motifs is 1. The standard InChI is InChI=1S/C16H17N5O2/c1-23-11-7-13(15-18-9-19-20-15)21(8-11)16(22)12-4-2-3-10-5-6-17-14(10)12/h2-6,9,11,13,17H,7-8H2,1H3,(H,18,19,20)/t11-,13+/m1/s1. The summed E-state index contributed by atoms with van der Waals surface area (Å²) in [7, 11) is 1.67. The molecule has 1 aliphatic rings. The fourth-order valence-corrected chi connectivity index (χ4v) is 3.25. The summed E-state index contributed by atoms with van der Waals surface area (Å²) in [6.07, 6.45) is 4.01. The summed E-state index contributed by atoms with van der Waals surface area (Å²) in [5.41, 5.74) is 1.52. The maximum absolute atomic E-state index is 13.1. The fraction of sp³-hybridized carbons (Fsp3) is 0.312. The first-order chi connectivity index (χ1) is 11.3. The van der Waals surface area contributed by atoms with Gasteiger partial charge in [-0.15, -0.1) is 0 Å². The van der Waals surface area contributed by atoms with Crippen molar-refractivity contribution >= 4 is 16.8 Å². The number of likely N-dealkylation sites (tertiary alicyclic amines) is 1. The zero-order chi connectivity index (χ0) is 15.8. The van der Waals surface area contributed by atoms with Crippen molar-refractivity contribution in [1.82, 2.24) is 25.1 Å². The highest BCUT2D eigenvalue weighted by Gasteiger charge is 2.38. The van der Waals surface area contributed by atoms with Gasteiger partial charge >= 0.3 is 0 Å². The quantitative estimate of drug-likeness (QED) is 0.773. The van der Waals surface area contributed by atoms with Crippen molar-refractivity contribution < 1.29 is 9.53 Å². The van der Waals surface area contributed by atoms with Gasteiger partial charge in [0.25, 0.3) is 5.91 Å². The summed E-state index contributed by atoms with van der Waals surface area (Å²) >= 11 is 0. The number of methoxy groups -OCH3 is 1. The first-order valence-electron chi connectivity index (χ1n) is 7.53. The van der Waals surface area contributed by atoms with Crippen LogP contribution >= 0.6 is 0 Å². The summed E-state index contributed by atoms with van der Waals surface area (Å²) in [4.78, 5) is 22.3. The first-order valence-corrected chi connectivity index (χ1v) is 7.53. The second kappa shape index (κ2) is 5.51.